The fourth-order valence-electron chi connectivity index (χ4n) is 2.39. The zero-order valence-corrected chi connectivity index (χ0v) is 15.2. The summed E-state index contributed by atoms with van der Waals surface area (Å²) in [4.78, 5) is 23.5. The Morgan fingerprint density at radius 3 is 2.31 bits per heavy atom. The Morgan fingerprint density at radius 2 is 1.58 bits per heavy atom. The SMILES string of the molecule is Cc1ccc(OCCNC(=O)NCCNC(=O)c2ccccc2)c(C)c1. The molecule has 0 heterocycles. The van der Waals surface area contributed by atoms with E-state index < -0.39 is 0 Å². The summed E-state index contributed by atoms with van der Waals surface area (Å²) in [5.41, 5.74) is 2.86. The summed E-state index contributed by atoms with van der Waals surface area (Å²) in [6.45, 7) is 5.53. The van der Waals surface area contributed by atoms with Gasteiger partial charge in [-0.1, -0.05) is 35.9 Å². The molecule has 26 heavy (non-hydrogen) atoms. The van der Waals surface area contributed by atoms with Crippen LogP contribution in [-0.2, 0) is 0 Å². The van der Waals surface area contributed by atoms with Gasteiger partial charge in [-0.15, -0.1) is 0 Å². The number of carbonyl (C=O) groups excluding carboxylic acids is 2. The van der Waals surface area contributed by atoms with E-state index in [1.165, 1.54) is 5.56 Å². The Bertz CT molecular complexity index is 732. The molecule has 0 saturated heterocycles. The average molecular weight is 355 g/mol. The summed E-state index contributed by atoms with van der Waals surface area (Å²) in [7, 11) is 0. The van der Waals surface area contributed by atoms with Crippen molar-refractivity contribution in [3.05, 3.63) is 65.2 Å². The number of aryl methyl sites for hydroxylation is 2. The number of rotatable bonds is 8. The van der Waals surface area contributed by atoms with Gasteiger partial charge in [0.1, 0.15) is 12.4 Å². The van der Waals surface area contributed by atoms with E-state index in [4.69, 9.17) is 4.74 Å². The molecular weight excluding hydrogens is 330 g/mol. The Kier molecular flexibility index (Phi) is 7.49. The molecule has 2 aromatic carbocycles. The summed E-state index contributed by atoms with van der Waals surface area (Å²) >= 11 is 0. The Labute approximate surface area is 153 Å². The molecule has 6 heteroatoms. The molecule has 0 aliphatic rings. The van der Waals surface area contributed by atoms with Crippen molar-refractivity contribution in [3.8, 4) is 5.75 Å². The molecule has 2 aromatic rings. The summed E-state index contributed by atoms with van der Waals surface area (Å²) in [5, 5.41) is 8.15. The van der Waals surface area contributed by atoms with E-state index in [1.807, 2.05) is 32.0 Å². The highest BCUT2D eigenvalue weighted by Crippen LogP contribution is 2.18. The van der Waals surface area contributed by atoms with E-state index in [1.54, 1.807) is 24.3 Å². The van der Waals surface area contributed by atoms with E-state index >= 15 is 0 Å². The van der Waals surface area contributed by atoms with Crippen LogP contribution < -0.4 is 20.7 Å². The van der Waals surface area contributed by atoms with Crippen LogP contribution in [0.1, 0.15) is 21.5 Å². The lowest BCUT2D eigenvalue weighted by Gasteiger charge is -2.11. The summed E-state index contributed by atoms with van der Waals surface area (Å²) in [5.74, 6) is 0.663. The maximum atomic E-state index is 11.8. The van der Waals surface area contributed by atoms with Crippen molar-refractivity contribution in [1.82, 2.24) is 16.0 Å². The Balaban J connectivity index is 1.56. The van der Waals surface area contributed by atoms with Gasteiger partial charge in [-0.25, -0.2) is 4.79 Å². The summed E-state index contributed by atoms with van der Waals surface area (Å²) < 4.78 is 5.65. The number of amides is 3. The van der Waals surface area contributed by atoms with Crippen molar-refractivity contribution < 1.29 is 14.3 Å². The predicted molar refractivity (Wildman–Crippen MR) is 102 cm³/mol. The van der Waals surface area contributed by atoms with Gasteiger partial charge >= 0.3 is 6.03 Å². The molecule has 0 unspecified atom stereocenters. The van der Waals surface area contributed by atoms with Crippen molar-refractivity contribution in [2.45, 2.75) is 13.8 Å². The number of hydrogen-bond acceptors (Lipinski definition) is 3. The fourth-order valence-corrected chi connectivity index (χ4v) is 2.39. The first-order valence-electron chi connectivity index (χ1n) is 8.61. The van der Waals surface area contributed by atoms with E-state index in [2.05, 4.69) is 22.0 Å². The lowest BCUT2D eigenvalue weighted by molar-refractivity contribution is 0.0954. The van der Waals surface area contributed by atoms with Crippen molar-refractivity contribution in [1.29, 1.82) is 0 Å². The molecule has 0 bridgehead atoms. The molecule has 0 atom stereocenters. The predicted octanol–water partition coefficient (Wildman–Crippen LogP) is 2.41. The lowest BCUT2D eigenvalue weighted by Crippen LogP contribution is -2.41. The first-order valence-corrected chi connectivity index (χ1v) is 8.61. The van der Waals surface area contributed by atoms with Crippen LogP contribution in [0.15, 0.2) is 48.5 Å². The van der Waals surface area contributed by atoms with Crippen molar-refractivity contribution in [3.63, 3.8) is 0 Å². The second kappa shape index (κ2) is 10.1. The number of nitrogens with one attached hydrogen (secondary N) is 3. The van der Waals surface area contributed by atoms with Crippen molar-refractivity contribution in [2.24, 2.45) is 0 Å². The highest BCUT2D eigenvalue weighted by atomic mass is 16.5. The van der Waals surface area contributed by atoms with Gasteiger partial charge in [-0.05, 0) is 37.6 Å². The summed E-state index contributed by atoms with van der Waals surface area (Å²) in [6.07, 6.45) is 0. The van der Waals surface area contributed by atoms with Crippen LogP contribution in [0.3, 0.4) is 0 Å². The van der Waals surface area contributed by atoms with Crippen LogP contribution in [0.25, 0.3) is 0 Å². The largest absolute Gasteiger partial charge is 0.491 e. The van der Waals surface area contributed by atoms with Crippen LogP contribution in [0.4, 0.5) is 4.79 Å². The second-order valence-electron chi connectivity index (χ2n) is 5.92. The zero-order chi connectivity index (χ0) is 18.8. The number of hydrogen-bond donors (Lipinski definition) is 3. The minimum atomic E-state index is -0.289. The molecule has 0 aromatic heterocycles. The smallest absolute Gasteiger partial charge is 0.314 e. The Morgan fingerprint density at radius 1 is 0.885 bits per heavy atom. The van der Waals surface area contributed by atoms with Crippen molar-refractivity contribution >= 4 is 11.9 Å². The van der Waals surface area contributed by atoms with E-state index in [-0.39, 0.29) is 11.9 Å². The molecule has 6 nitrogen and oxygen atoms in total. The molecule has 3 amide bonds. The zero-order valence-electron chi connectivity index (χ0n) is 15.2. The third-order valence-electron chi connectivity index (χ3n) is 3.71. The van der Waals surface area contributed by atoms with Crippen LogP contribution in [0, 0.1) is 13.8 Å². The first-order chi connectivity index (χ1) is 12.6. The number of ether oxygens (including phenoxy) is 1. The number of benzene rings is 2. The lowest BCUT2D eigenvalue weighted by atomic mass is 10.1. The summed E-state index contributed by atoms with van der Waals surface area (Å²) in [6, 6.07) is 14.6. The standard InChI is InChI=1S/C20H25N3O3/c1-15-8-9-18(16(2)14-15)26-13-12-23-20(25)22-11-10-21-19(24)17-6-4-3-5-7-17/h3-9,14H,10-13H2,1-2H3,(H,21,24)(H2,22,23,25). The first kappa shape index (κ1) is 19.3. The van der Waals surface area contributed by atoms with Gasteiger partial charge in [0.05, 0.1) is 6.54 Å². The topological polar surface area (TPSA) is 79.5 Å². The minimum Gasteiger partial charge on any atom is -0.491 e. The normalized spacial score (nSPS) is 10.1. The van der Waals surface area contributed by atoms with Crippen LogP contribution >= 0.6 is 0 Å². The number of urea groups is 1. The van der Waals surface area contributed by atoms with Gasteiger partial charge in [0.25, 0.3) is 5.91 Å². The molecule has 0 aliphatic heterocycles. The van der Waals surface area contributed by atoms with Crippen LogP contribution in [-0.4, -0.2) is 38.2 Å². The molecular formula is C20H25N3O3. The average Bonchev–Trinajstić information content (AvgIpc) is 2.64. The third-order valence-corrected chi connectivity index (χ3v) is 3.71. The maximum Gasteiger partial charge on any atom is 0.314 e. The minimum absolute atomic E-state index is 0.158. The van der Waals surface area contributed by atoms with E-state index in [0.717, 1.165) is 11.3 Å². The molecule has 0 spiro atoms. The molecule has 0 aliphatic carbocycles. The second-order valence-corrected chi connectivity index (χ2v) is 5.92. The maximum absolute atomic E-state index is 11.8. The van der Waals surface area contributed by atoms with Gasteiger partial charge in [-0.2, -0.15) is 0 Å². The fraction of sp³-hybridized carbons (Fsp3) is 0.300. The molecule has 2 rings (SSSR count). The van der Waals surface area contributed by atoms with Gasteiger partial charge in [0, 0.05) is 18.7 Å². The molecule has 0 fully saturated rings. The van der Waals surface area contributed by atoms with E-state index in [0.29, 0.717) is 31.8 Å². The highest BCUT2D eigenvalue weighted by Gasteiger charge is 2.04. The molecule has 0 saturated carbocycles. The molecule has 0 radical (unpaired) electrons. The highest BCUT2D eigenvalue weighted by molar-refractivity contribution is 5.94. The van der Waals surface area contributed by atoms with Crippen LogP contribution in [0.5, 0.6) is 5.75 Å². The van der Waals surface area contributed by atoms with Gasteiger partial charge in [-0.3, -0.25) is 4.79 Å². The molecule has 138 valence electrons. The van der Waals surface area contributed by atoms with Crippen molar-refractivity contribution in [2.75, 3.05) is 26.2 Å². The Hall–Kier alpha value is -3.02. The third kappa shape index (κ3) is 6.47. The van der Waals surface area contributed by atoms with Gasteiger partial charge < -0.3 is 20.7 Å². The van der Waals surface area contributed by atoms with Gasteiger partial charge in [0.15, 0.2) is 0 Å². The molecule has 3 N–H and O–H groups in total. The van der Waals surface area contributed by atoms with E-state index in [9.17, 15) is 9.59 Å². The number of carbonyl (C=O) groups is 2. The van der Waals surface area contributed by atoms with Gasteiger partial charge in [0.2, 0.25) is 0 Å². The quantitative estimate of drug-likeness (QED) is 0.636. The van der Waals surface area contributed by atoms with Crippen LogP contribution in [0.2, 0.25) is 0 Å². The monoisotopic (exact) mass is 355 g/mol.